The molecule has 0 aromatic heterocycles. The lowest BCUT2D eigenvalue weighted by molar-refractivity contribution is -0.158. The molecule has 2 rings (SSSR count). The maximum absolute atomic E-state index is 11.9. The van der Waals surface area contributed by atoms with Crippen LogP contribution in [0.1, 0.15) is 27.9 Å². The summed E-state index contributed by atoms with van der Waals surface area (Å²) < 4.78 is 14.4. The summed E-state index contributed by atoms with van der Waals surface area (Å²) in [5.74, 6) is -2.59. The molecule has 2 aromatic rings. The van der Waals surface area contributed by atoms with Crippen molar-refractivity contribution in [2.24, 2.45) is 5.92 Å². The molecule has 0 radical (unpaired) electrons. The molecular weight excluding hydrogens is 384 g/mol. The first kappa shape index (κ1) is 22.6. The minimum atomic E-state index is -0.975. The third-order valence-corrected chi connectivity index (χ3v) is 4.22. The number of esters is 3. The number of allylic oxidation sites excluding steroid dienone is 1. The van der Waals surface area contributed by atoms with Crippen molar-refractivity contribution in [1.29, 1.82) is 0 Å². The number of carbonyl (C=O) groups is 3. The van der Waals surface area contributed by atoms with Crippen LogP contribution in [0.25, 0.3) is 12.2 Å². The second kappa shape index (κ2) is 12.0. The lowest BCUT2D eigenvalue weighted by atomic mass is 10.0. The highest BCUT2D eigenvalue weighted by molar-refractivity contribution is 5.95. The van der Waals surface area contributed by atoms with Crippen LogP contribution >= 0.6 is 0 Å². The molecule has 0 aliphatic rings. The van der Waals surface area contributed by atoms with Gasteiger partial charge in [-0.1, -0.05) is 60.7 Å². The molecule has 0 aliphatic carbocycles. The van der Waals surface area contributed by atoms with Gasteiger partial charge in [0.25, 0.3) is 0 Å². The standard InChI is InChI=1S/C24H24O6/c1-28-23(26)21(24(27)29-2)12-6-8-18-13-15-19(16-14-18)9-7-17-30-22(25)20-10-4-3-5-11-20/h3-11,13-16,21H,12,17H2,1-2H3/b8-6+,9-7+. The molecule has 0 saturated heterocycles. The van der Waals surface area contributed by atoms with Gasteiger partial charge in [-0.05, 0) is 35.8 Å². The van der Waals surface area contributed by atoms with Gasteiger partial charge in [0, 0.05) is 0 Å². The highest BCUT2D eigenvalue weighted by atomic mass is 16.5. The third-order valence-electron chi connectivity index (χ3n) is 4.22. The predicted octanol–water partition coefficient (Wildman–Crippen LogP) is 3.92. The minimum absolute atomic E-state index is 0.178. The van der Waals surface area contributed by atoms with Crippen LogP contribution in [-0.2, 0) is 23.8 Å². The van der Waals surface area contributed by atoms with Gasteiger partial charge in [0.05, 0.1) is 19.8 Å². The molecule has 0 saturated carbocycles. The van der Waals surface area contributed by atoms with E-state index in [1.165, 1.54) is 14.2 Å². The third kappa shape index (κ3) is 7.05. The predicted molar refractivity (Wildman–Crippen MR) is 113 cm³/mol. The number of benzene rings is 2. The van der Waals surface area contributed by atoms with E-state index in [2.05, 4.69) is 9.47 Å². The van der Waals surface area contributed by atoms with E-state index >= 15 is 0 Å². The van der Waals surface area contributed by atoms with Crippen molar-refractivity contribution in [1.82, 2.24) is 0 Å². The molecular formula is C24H24O6. The number of hydrogen-bond donors (Lipinski definition) is 0. The van der Waals surface area contributed by atoms with Crippen molar-refractivity contribution in [3.05, 3.63) is 83.4 Å². The number of methoxy groups -OCH3 is 2. The highest BCUT2D eigenvalue weighted by Gasteiger charge is 2.27. The van der Waals surface area contributed by atoms with E-state index in [0.29, 0.717) is 5.56 Å². The van der Waals surface area contributed by atoms with Crippen LogP contribution in [0.2, 0.25) is 0 Å². The smallest absolute Gasteiger partial charge is 0.338 e. The van der Waals surface area contributed by atoms with E-state index < -0.39 is 17.9 Å². The zero-order chi connectivity index (χ0) is 21.8. The van der Waals surface area contributed by atoms with Crippen LogP contribution in [0, 0.1) is 5.92 Å². The van der Waals surface area contributed by atoms with E-state index in [-0.39, 0.29) is 19.0 Å². The summed E-state index contributed by atoms with van der Waals surface area (Å²) in [6, 6.07) is 16.4. The zero-order valence-corrected chi connectivity index (χ0v) is 16.9. The Kier molecular flexibility index (Phi) is 9.06. The maximum Gasteiger partial charge on any atom is 0.338 e. The molecule has 0 fully saturated rings. The van der Waals surface area contributed by atoms with Gasteiger partial charge >= 0.3 is 17.9 Å². The lowest BCUT2D eigenvalue weighted by Gasteiger charge is -2.09. The number of ether oxygens (including phenoxy) is 3. The summed E-state index contributed by atoms with van der Waals surface area (Å²) in [7, 11) is 2.47. The molecule has 0 spiro atoms. The average Bonchev–Trinajstić information content (AvgIpc) is 2.80. The van der Waals surface area contributed by atoms with Crippen LogP contribution in [-0.4, -0.2) is 38.7 Å². The normalized spacial score (nSPS) is 11.0. The van der Waals surface area contributed by atoms with Crippen LogP contribution in [0.15, 0.2) is 66.7 Å². The van der Waals surface area contributed by atoms with Gasteiger partial charge in [0.2, 0.25) is 0 Å². The fraction of sp³-hybridized carbons (Fsp3) is 0.208. The molecule has 0 unspecified atom stereocenters. The SMILES string of the molecule is COC(=O)C(C/C=C/c1ccc(/C=C/COC(=O)c2ccccc2)cc1)C(=O)OC. The summed E-state index contributed by atoms with van der Waals surface area (Å²) in [6.45, 7) is 0.178. The second-order valence-corrected chi connectivity index (χ2v) is 6.27. The molecule has 0 bridgehead atoms. The minimum Gasteiger partial charge on any atom is -0.468 e. The molecule has 0 atom stereocenters. The van der Waals surface area contributed by atoms with Crippen LogP contribution < -0.4 is 0 Å². The number of rotatable bonds is 9. The quantitative estimate of drug-likeness (QED) is 0.355. The number of carbonyl (C=O) groups excluding carboxylic acids is 3. The van der Waals surface area contributed by atoms with E-state index in [1.807, 2.05) is 42.5 Å². The Balaban J connectivity index is 1.84. The summed E-state index contributed by atoms with van der Waals surface area (Å²) in [4.78, 5) is 35.2. The first-order valence-electron chi connectivity index (χ1n) is 9.36. The van der Waals surface area contributed by atoms with E-state index in [4.69, 9.17) is 4.74 Å². The first-order chi connectivity index (χ1) is 14.5. The summed E-state index contributed by atoms with van der Waals surface area (Å²) in [5.41, 5.74) is 2.38. The van der Waals surface area contributed by atoms with Crippen LogP contribution in [0.5, 0.6) is 0 Å². The van der Waals surface area contributed by atoms with Crippen LogP contribution in [0.3, 0.4) is 0 Å². The van der Waals surface area contributed by atoms with Crippen LogP contribution in [0.4, 0.5) is 0 Å². The largest absolute Gasteiger partial charge is 0.468 e. The fourth-order valence-corrected chi connectivity index (χ4v) is 2.60. The Morgan fingerprint density at radius 3 is 1.87 bits per heavy atom. The van der Waals surface area contributed by atoms with Crippen molar-refractivity contribution in [2.75, 3.05) is 20.8 Å². The van der Waals surface area contributed by atoms with Gasteiger partial charge in [-0.25, -0.2) is 4.79 Å². The molecule has 0 heterocycles. The van der Waals surface area contributed by atoms with Gasteiger partial charge in [0.15, 0.2) is 5.92 Å². The summed E-state index contributed by atoms with van der Waals surface area (Å²) in [5, 5.41) is 0. The van der Waals surface area contributed by atoms with Crippen molar-refractivity contribution in [3.63, 3.8) is 0 Å². The molecule has 0 amide bonds. The first-order valence-corrected chi connectivity index (χ1v) is 9.36. The Morgan fingerprint density at radius 2 is 1.33 bits per heavy atom. The Labute approximate surface area is 175 Å². The van der Waals surface area contributed by atoms with Gasteiger partial charge in [0.1, 0.15) is 6.61 Å². The molecule has 6 nitrogen and oxygen atoms in total. The average molecular weight is 408 g/mol. The summed E-state index contributed by atoms with van der Waals surface area (Å²) in [6.07, 6.45) is 7.35. The Hall–Kier alpha value is -3.67. The Bertz CT molecular complexity index is 881. The lowest BCUT2D eigenvalue weighted by Crippen LogP contribution is -2.25. The van der Waals surface area contributed by atoms with E-state index in [1.54, 1.807) is 36.4 Å². The molecule has 2 aromatic carbocycles. The van der Waals surface area contributed by atoms with Crippen molar-refractivity contribution < 1.29 is 28.6 Å². The maximum atomic E-state index is 11.9. The van der Waals surface area contributed by atoms with Gasteiger partial charge in [-0.2, -0.15) is 0 Å². The molecule has 6 heteroatoms. The van der Waals surface area contributed by atoms with Crippen molar-refractivity contribution in [3.8, 4) is 0 Å². The zero-order valence-electron chi connectivity index (χ0n) is 16.9. The molecule has 0 N–H and O–H groups in total. The number of hydrogen-bond acceptors (Lipinski definition) is 6. The second-order valence-electron chi connectivity index (χ2n) is 6.27. The van der Waals surface area contributed by atoms with Gasteiger partial charge < -0.3 is 14.2 Å². The van der Waals surface area contributed by atoms with Crippen molar-refractivity contribution >= 4 is 30.1 Å². The van der Waals surface area contributed by atoms with Crippen molar-refractivity contribution in [2.45, 2.75) is 6.42 Å². The van der Waals surface area contributed by atoms with Gasteiger partial charge in [-0.15, -0.1) is 0 Å². The topological polar surface area (TPSA) is 78.9 Å². The fourth-order valence-electron chi connectivity index (χ4n) is 2.60. The highest BCUT2D eigenvalue weighted by Crippen LogP contribution is 2.13. The van der Waals surface area contributed by atoms with E-state index in [0.717, 1.165) is 11.1 Å². The van der Waals surface area contributed by atoms with E-state index in [9.17, 15) is 14.4 Å². The molecule has 30 heavy (non-hydrogen) atoms. The van der Waals surface area contributed by atoms with Gasteiger partial charge in [-0.3, -0.25) is 9.59 Å². The molecule has 0 aliphatic heterocycles. The Morgan fingerprint density at radius 1 is 0.800 bits per heavy atom. The molecule has 156 valence electrons. The monoisotopic (exact) mass is 408 g/mol. The summed E-state index contributed by atoms with van der Waals surface area (Å²) >= 11 is 0.